The lowest BCUT2D eigenvalue weighted by Crippen LogP contribution is -2.21. The zero-order chi connectivity index (χ0) is 18.7. The number of hydrogen-bond donors (Lipinski definition) is 3. The maximum absolute atomic E-state index is 13.1. The molecule has 6 nitrogen and oxygen atoms in total. The first-order valence-electron chi connectivity index (χ1n) is 8.21. The number of nitrogen functional groups attached to an aromatic ring is 1. The van der Waals surface area contributed by atoms with Gasteiger partial charge in [0.15, 0.2) is 5.69 Å². The van der Waals surface area contributed by atoms with E-state index in [1.54, 1.807) is 0 Å². The second-order valence-corrected chi connectivity index (χ2v) is 6.16. The van der Waals surface area contributed by atoms with Gasteiger partial charge in [-0.3, -0.25) is 4.79 Å². The predicted molar refractivity (Wildman–Crippen MR) is 91.7 cm³/mol. The molecule has 0 unspecified atom stereocenters. The van der Waals surface area contributed by atoms with E-state index in [-0.39, 0.29) is 23.4 Å². The van der Waals surface area contributed by atoms with Crippen molar-refractivity contribution in [2.24, 2.45) is 0 Å². The van der Waals surface area contributed by atoms with Crippen LogP contribution in [0.2, 0.25) is 0 Å². The molecular formula is C17H18F3N5O. The van der Waals surface area contributed by atoms with Crippen LogP contribution in [0.15, 0.2) is 30.3 Å². The van der Waals surface area contributed by atoms with Gasteiger partial charge >= 0.3 is 6.18 Å². The lowest BCUT2D eigenvalue weighted by molar-refractivity contribution is -0.141. The number of nitrogens with zero attached hydrogens (tertiary/aromatic N) is 2. The summed E-state index contributed by atoms with van der Waals surface area (Å²) >= 11 is 0. The van der Waals surface area contributed by atoms with Crippen molar-refractivity contribution in [1.82, 2.24) is 9.97 Å². The number of carbonyl (C=O) groups is 1. The maximum atomic E-state index is 13.1. The summed E-state index contributed by atoms with van der Waals surface area (Å²) in [5.74, 6) is -0.933. The molecule has 1 aliphatic carbocycles. The first-order chi connectivity index (χ1) is 12.3. The highest BCUT2D eigenvalue weighted by molar-refractivity contribution is 6.04. The summed E-state index contributed by atoms with van der Waals surface area (Å²) in [6, 6.07) is 6.78. The van der Waals surface area contributed by atoms with Crippen molar-refractivity contribution >= 4 is 23.4 Å². The van der Waals surface area contributed by atoms with E-state index in [0.717, 1.165) is 31.7 Å². The largest absolute Gasteiger partial charge is 0.433 e. The molecule has 1 fully saturated rings. The summed E-state index contributed by atoms with van der Waals surface area (Å²) < 4.78 is 39.4. The number of amides is 1. The SMILES string of the molecule is Nc1ccc(C(=O)Nc2cc(C(F)(F)F)nc(NC3CCCC3)n2)cc1. The molecule has 4 N–H and O–H groups in total. The van der Waals surface area contributed by atoms with Crippen molar-refractivity contribution in [3.63, 3.8) is 0 Å². The van der Waals surface area contributed by atoms with E-state index in [4.69, 9.17) is 5.73 Å². The molecule has 1 aromatic carbocycles. The fraction of sp³-hybridized carbons (Fsp3) is 0.353. The Morgan fingerprint density at radius 2 is 1.77 bits per heavy atom. The predicted octanol–water partition coefficient (Wildman–Crippen LogP) is 3.68. The quantitative estimate of drug-likeness (QED) is 0.719. The van der Waals surface area contributed by atoms with Gasteiger partial charge in [0.25, 0.3) is 5.91 Å². The standard InChI is InChI=1S/C17H18F3N5O/c18-17(19,20)13-9-14(24-15(26)10-5-7-11(21)8-6-10)25-16(23-13)22-12-3-1-2-4-12/h5-9,12H,1-4,21H2,(H2,22,23,24,25,26). The summed E-state index contributed by atoms with van der Waals surface area (Å²) in [6.07, 6.45) is -0.913. The molecule has 1 saturated carbocycles. The molecular weight excluding hydrogens is 347 g/mol. The minimum atomic E-state index is -4.64. The van der Waals surface area contributed by atoms with Crippen molar-refractivity contribution in [2.45, 2.75) is 37.9 Å². The summed E-state index contributed by atoms with van der Waals surface area (Å²) in [5.41, 5.74) is 5.19. The van der Waals surface area contributed by atoms with Crippen LogP contribution in [-0.4, -0.2) is 21.9 Å². The van der Waals surface area contributed by atoms with Crippen LogP contribution in [0.4, 0.5) is 30.6 Å². The Morgan fingerprint density at radius 3 is 2.38 bits per heavy atom. The van der Waals surface area contributed by atoms with Crippen molar-refractivity contribution in [3.8, 4) is 0 Å². The Morgan fingerprint density at radius 1 is 1.12 bits per heavy atom. The topological polar surface area (TPSA) is 92.9 Å². The number of anilines is 3. The van der Waals surface area contributed by atoms with E-state index >= 15 is 0 Å². The van der Waals surface area contributed by atoms with Gasteiger partial charge < -0.3 is 16.4 Å². The van der Waals surface area contributed by atoms with Crippen LogP contribution in [0.1, 0.15) is 41.7 Å². The third kappa shape index (κ3) is 4.41. The van der Waals surface area contributed by atoms with Gasteiger partial charge in [-0.2, -0.15) is 18.2 Å². The highest BCUT2D eigenvalue weighted by atomic mass is 19.4. The molecule has 26 heavy (non-hydrogen) atoms. The van der Waals surface area contributed by atoms with Gasteiger partial charge in [-0.05, 0) is 37.1 Å². The highest BCUT2D eigenvalue weighted by Crippen LogP contribution is 2.30. The summed E-state index contributed by atoms with van der Waals surface area (Å²) in [4.78, 5) is 19.8. The number of alkyl halides is 3. The Bertz CT molecular complexity index is 786. The molecule has 0 aliphatic heterocycles. The third-order valence-corrected chi connectivity index (χ3v) is 4.12. The average molecular weight is 365 g/mol. The number of hydrogen-bond acceptors (Lipinski definition) is 5. The molecule has 0 spiro atoms. The fourth-order valence-corrected chi connectivity index (χ4v) is 2.80. The molecule has 2 aromatic rings. The van der Waals surface area contributed by atoms with Gasteiger partial charge in [-0.1, -0.05) is 12.8 Å². The molecule has 1 aromatic heterocycles. The zero-order valence-corrected chi connectivity index (χ0v) is 13.8. The average Bonchev–Trinajstić information content (AvgIpc) is 3.07. The normalized spacial score (nSPS) is 15.0. The smallest absolute Gasteiger partial charge is 0.399 e. The Labute approximate surface area is 148 Å². The van der Waals surface area contributed by atoms with E-state index in [0.29, 0.717) is 5.69 Å². The van der Waals surface area contributed by atoms with E-state index in [2.05, 4.69) is 20.6 Å². The molecule has 1 aliphatic rings. The van der Waals surface area contributed by atoms with Crippen LogP contribution >= 0.6 is 0 Å². The second kappa shape index (κ2) is 7.19. The van der Waals surface area contributed by atoms with Crippen molar-refractivity contribution in [1.29, 1.82) is 0 Å². The monoisotopic (exact) mass is 365 g/mol. The Hall–Kier alpha value is -2.84. The molecule has 3 rings (SSSR count). The van der Waals surface area contributed by atoms with Crippen molar-refractivity contribution < 1.29 is 18.0 Å². The molecule has 0 saturated heterocycles. The van der Waals surface area contributed by atoms with Gasteiger partial charge in [-0.15, -0.1) is 0 Å². The van der Waals surface area contributed by atoms with Crippen molar-refractivity contribution in [3.05, 3.63) is 41.6 Å². The first kappa shape index (κ1) is 18.0. The van der Waals surface area contributed by atoms with Gasteiger partial charge in [0, 0.05) is 23.4 Å². The van der Waals surface area contributed by atoms with Gasteiger partial charge in [-0.25, -0.2) is 4.98 Å². The Balaban J connectivity index is 1.84. The van der Waals surface area contributed by atoms with Gasteiger partial charge in [0.1, 0.15) is 5.82 Å². The van der Waals surface area contributed by atoms with Crippen LogP contribution in [0.25, 0.3) is 0 Å². The number of aromatic nitrogens is 2. The number of halogens is 3. The summed E-state index contributed by atoms with van der Waals surface area (Å²) in [7, 11) is 0. The van der Waals surface area contributed by atoms with E-state index in [9.17, 15) is 18.0 Å². The van der Waals surface area contributed by atoms with Crippen LogP contribution < -0.4 is 16.4 Å². The van der Waals surface area contributed by atoms with Crippen LogP contribution in [0.3, 0.4) is 0 Å². The van der Waals surface area contributed by atoms with Gasteiger partial charge in [0.2, 0.25) is 5.95 Å². The fourth-order valence-electron chi connectivity index (χ4n) is 2.80. The number of carbonyl (C=O) groups excluding carboxylic acids is 1. The second-order valence-electron chi connectivity index (χ2n) is 6.16. The molecule has 1 heterocycles. The summed E-state index contributed by atoms with van der Waals surface area (Å²) in [6.45, 7) is 0. The van der Waals surface area contributed by atoms with Gasteiger partial charge in [0.05, 0.1) is 0 Å². The number of nitrogens with two attached hydrogens (primary N) is 1. The molecule has 1 amide bonds. The summed E-state index contributed by atoms with van der Waals surface area (Å²) in [5, 5.41) is 5.31. The highest BCUT2D eigenvalue weighted by Gasteiger charge is 2.34. The molecule has 138 valence electrons. The third-order valence-electron chi connectivity index (χ3n) is 4.12. The molecule has 0 radical (unpaired) electrons. The van der Waals surface area contributed by atoms with E-state index < -0.39 is 17.8 Å². The van der Waals surface area contributed by atoms with Crippen molar-refractivity contribution in [2.75, 3.05) is 16.4 Å². The van der Waals surface area contributed by atoms with Crippen LogP contribution in [0.5, 0.6) is 0 Å². The lowest BCUT2D eigenvalue weighted by atomic mass is 10.2. The molecule has 0 atom stereocenters. The number of benzene rings is 1. The number of rotatable bonds is 4. The minimum Gasteiger partial charge on any atom is -0.399 e. The van der Waals surface area contributed by atoms with E-state index in [1.807, 2.05) is 0 Å². The van der Waals surface area contributed by atoms with E-state index in [1.165, 1.54) is 24.3 Å². The molecule has 9 heteroatoms. The van der Waals surface area contributed by atoms with Crippen LogP contribution in [-0.2, 0) is 6.18 Å². The maximum Gasteiger partial charge on any atom is 0.433 e. The molecule has 0 bridgehead atoms. The first-order valence-corrected chi connectivity index (χ1v) is 8.21. The minimum absolute atomic E-state index is 0.0409. The van der Waals surface area contributed by atoms with Crippen LogP contribution in [0, 0.1) is 0 Å². The number of nitrogens with one attached hydrogen (secondary N) is 2. The zero-order valence-electron chi connectivity index (χ0n) is 13.8. The Kier molecular flexibility index (Phi) is 4.97. The lowest BCUT2D eigenvalue weighted by Gasteiger charge is -2.15.